The van der Waals surface area contributed by atoms with E-state index in [1.165, 1.54) is 7.11 Å². The molecule has 2 heterocycles. The molecule has 0 spiro atoms. The van der Waals surface area contributed by atoms with Gasteiger partial charge in [-0.15, -0.1) is 0 Å². The van der Waals surface area contributed by atoms with Gasteiger partial charge < -0.3 is 14.2 Å². The van der Waals surface area contributed by atoms with E-state index in [-0.39, 0.29) is 5.69 Å². The minimum Gasteiger partial charge on any atom is -0.464 e. The number of halogens is 1. The van der Waals surface area contributed by atoms with Gasteiger partial charge in [-0.3, -0.25) is 0 Å². The van der Waals surface area contributed by atoms with Crippen molar-refractivity contribution in [3.05, 3.63) is 34.3 Å². The molecule has 0 saturated heterocycles. The van der Waals surface area contributed by atoms with E-state index in [1.807, 2.05) is 12.1 Å². The Bertz CT molecular complexity index is 592. The van der Waals surface area contributed by atoms with Gasteiger partial charge in [0.25, 0.3) is 0 Å². The van der Waals surface area contributed by atoms with Crippen molar-refractivity contribution < 1.29 is 14.6 Å². The third-order valence-electron chi connectivity index (χ3n) is 2.54. The summed E-state index contributed by atoms with van der Waals surface area (Å²) in [5.74, 6) is 0.137. The van der Waals surface area contributed by atoms with E-state index in [0.717, 1.165) is 4.47 Å². The molecule has 0 saturated carbocycles. The zero-order valence-corrected chi connectivity index (χ0v) is 11.6. The molecule has 2 rings (SSSR count). The number of rotatable bonds is 3. The Balaban J connectivity index is 2.67. The fourth-order valence-corrected chi connectivity index (χ4v) is 2.34. The summed E-state index contributed by atoms with van der Waals surface area (Å²) >= 11 is 3.39. The molecule has 0 amide bonds. The molecular formula is C12H13BrN2O3. The van der Waals surface area contributed by atoms with Crippen LogP contribution in [-0.2, 0) is 11.2 Å². The zero-order chi connectivity index (χ0) is 13.3. The summed E-state index contributed by atoms with van der Waals surface area (Å²) in [4.78, 5) is 16.0. The number of ether oxygens (including phenoxy) is 1. The van der Waals surface area contributed by atoms with Gasteiger partial charge in [0.1, 0.15) is 5.82 Å². The molecule has 96 valence electrons. The number of hydrogen-bond donors (Lipinski definition) is 1. The first-order valence-electron chi connectivity index (χ1n) is 5.46. The second-order valence-corrected chi connectivity index (χ2v) is 4.85. The molecular weight excluding hydrogens is 300 g/mol. The molecule has 2 aromatic heterocycles. The molecule has 1 unspecified atom stereocenters. The van der Waals surface area contributed by atoms with Gasteiger partial charge in [-0.2, -0.15) is 0 Å². The van der Waals surface area contributed by atoms with Crippen molar-refractivity contribution in [1.29, 1.82) is 0 Å². The molecule has 0 aliphatic rings. The number of methoxy groups -OCH3 is 1. The van der Waals surface area contributed by atoms with E-state index in [9.17, 15) is 9.90 Å². The van der Waals surface area contributed by atoms with Gasteiger partial charge in [0.05, 0.1) is 18.7 Å². The third kappa shape index (κ3) is 2.26. The lowest BCUT2D eigenvalue weighted by molar-refractivity contribution is 0.0596. The first-order valence-corrected chi connectivity index (χ1v) is 6.25. The molecule has 5 nitrogen and oxygen atoms in total. The summed E-state index contributed by atoms with van der Waals surface area (Å²) in [6.07, 6.45) is 1.64. The number of aliphatic hydroxyl groups is 1. The van der Waals surface area contributed by atoms with Crippen molar-refractivity contribution in [3.63, 3.8) is 0 Å². The third-order valence-corrected chi connectivity index (χ3v) is 3.18. The fourth-order valence-electron chi connectivity index (χ4n) is 1.81. The van der Waals surface area contributed by atoms with Crippen LogP contribution in [0.5, 0.6) is 0 Å². The van der Waals surface area contributed by atoms with Crippen LogP contribution in [0.4, 0.5) is 0 Å². The van der Waals surface area contributed by atoms with Crippen LogP contribution in [0.15, 0.2) is 22.8 Å². The van der Waals surface area contributed by atoms with Crippen molar-refractivity contribution in [2.24, 2.45) is 0 Å². The van der Waals surface area contributed by atoms with E-state index in [1.54, 1.807) is 17.5 Å². The molecule has 2 aromatic rings. The highest BCUT2D eigenvalue weighted by atomic mass is 79.9. The quantitative estimate of drug-likeness (QED) is 0.878. The highest BCUT2D eigenvalue weighted by Crippen LogP contribution is 2.24. The van der Waals surface area contributed by atoms with Crippen LogP contribution in [0.2, 0.25) is 0 Å². The van der Waals surface area contributed by atoms with Gasteiger partial charge >= 0.3 is 5.97 Å². The number of pyridine rings is 1. The molecule has 1 N–H and O–H groups in total. The number of aliphatic hydroxyl groups excluding tert-OH is 1. The summed E-state index contributed by atoms with van der Waals surface area (Å²) in [6.45, 7) is 1.68. The maximum absolute atomic E-state index is 11.7. The average molecular weight is 313 g/mol. The fraction of sp³-hybridized carbons (Fsp3) is 0.333. The predicted molar refractivity (Wildman–Crippen MR) is 69.6 cm³/mol. The highest BCUT2D eigenvalue weighted by molar-refractivity contribution is 9.10. The summed E-state index contributed by atoms with van der Waals surface area (Å²) in [5, 5.41) is 9.46. The van der Waals surface area contributed by atoms with Crippen molar-refractivity contribution in [2.75, 3.05) is 7.11 Å². The van der Waals surface area contributed by atoms with Crippen molar-refractivity contribution in [1.82, 2.24) is 9.38 Å². The average Bonchev–Trinajstić information content (AvgIpc) is 2.68. The standard InChI is InChI=1S/C12H13BrN2O3/c1-7(16)6-9-14-10(12(17)18-2)11-8(13)4-3-5-15(9)11/h3-5,7,16H,6H2,1-2H3. The van der Waals surface area contributed by atoms with Crippen molar-refractivity contribution in [2.45, 2.75) is 19.4 Å². The largest absolute Gasteiger partial charge is 0.464 e. The zero-order valence-electron chi connectivity index (χ0n) is 10.1. The Kier molecular flexibility index (Phi) is 3.68. The number of esters is 1. The molecule has 0 aliphatic heterocycles. The number of fused-ring (bicyclic) bond motifs is 1. The van der Waals surface area contributed by atoms with E-state index in [2.05, 4.69) is 20.9 Å². The minimum absolute atomic E-state index is 0.251. The van der Waals surface area contributed by atoms with E-state index >= 15 is 0 Å². The van der Waals surface area contributed by atoms with Crippen molar-refractivity contribution in [3.8, 4) is 0 Å². The molecule has 0 aliphatic carbocycles. The first-order chi connectivity index (χ1) is 8.54. The normalized spacial score (nSPS) is 12.7. The summed E-state index contributed by atoms with van der Waals surface area (Å²) < 4.78 is 7.26. The second-order valence-electron chi connectivity index (χ2n) is 4.00. The smallest absolute Gasteiger partial charge is 0.358 e. The van der Waals surface area contributed by atoms with Gasteiger partial charge in [0, 0.05) is 17.1 Å². The van der Waals surface area contributed by atoms with Crippen molar-refractivity contribution >= 4 is 27.4 Å². The van der Waals surface area contributed by atoms with Crippen LogP contribution in [0, 0.1) is 0 Å². The minimum atomic E-state index is -0.528. The highest BCUT2D eigenvalue weighted by Gasteiger charge is 2.20. The Hall–Kier alpha value is -1.40. The van der Waals surface area contributed by atoms with E-state index in [0.29, 0.717) is 17.8 Å². The molecule has 0 aromatic carbocycles. The Morgan fingerprint density at radius 2 is 2.39 bits per heavy atom. The predicted octanol–water partition coefficient (Wildman–Crippen LogP) is 1.81. The lowest BCUT2D eigenvalue weighted by atomic mass is 10.3. The summed E-state index contributed by atoms with van der Waals surface area (Å²) in [5.41, 5.74) is 0.903. The van der Waals surface area contributed by atoms with Crippen LogP contribution in [0.1, 0.15) is 23.2 Å². The molecule has 18 heavy (non-hydrogen) atoms. The number of carbonyl (C=O) groups is 1. The van der Waals surface area contributed by atoms with Crippen LogP contribution < -0.4 is 0 Å². The maximum atomic E-state index is 11.7. The lowest BCUT2D eigenvalue weighted by Crippen LogP contribution is -2.08. The van der Waals surface area contributed by atoms with Crippen LogP contribution in [0.3, 0.4) is 0 Å². The van der Waals surface area contributed by atoms with Crippen LogP contribution in [0.25, 0.3) is 5.52 Å². The lowest BCUT2D eigenvalue weighted by Gasteiger charge is -2.03. The maximum Gasteiger partial charge on any atom is 0.358 e. The van der Waals surface area contributed by atoms with E-state index < -0.39 is 12.1 Å². The van der Waals surface area contributed by atoms with Gasteiger partial charge in [-0.05, 0) is 35.0 Å². The molecule has 1 atom stereocenters. The number of imidazole rings is 1. The Labute approximate surface area is 113 Å². The van der Waals surface area contributed by atoms with Gasteiger partial charge in [-0.25, -0.2) is 9.78 Å². The molecule has 6 heteroatoms. The molecule has 0 radical (unpaired) electrons. The van der Waals surface area contributed by atoms with Gasteiger partial charge in [0.2, 0.25) is 0 Å². The number of nitrogens with zero attached hydrogens (tertiary/aromatic N) is 2. The first kappa shape index (κ1) is 13.0. The topological polar surface area (TPSA) is 63.8 Å². The summed E-state index contributed by atoms with van der Waals surface area (Å²) in [6, 6.07) is 3.67. The van der Waals surface area contributed by atoms with Crippen LogP contribution >= 0.6 is 15.9 Å². The van der Waals surface area contributed by atoms with Crippen LogP contribution in [-0.4, -0.2) is 33.7 Å². The Morgan fingerprint density at radius 1 is 1.67 bits per heavy atom. The SMILES string of the molecule is COC(=O)c1nc(CC(C)O)n2cccc(Br)c12. The number of hydrogen-bond acceptors (Lipinski definition) is 4. The number of aromatic nitrogens is 2. The molecule has 0 bridgehead atoms. The Morgan fingerprint density at radius 3 is 3.00 bits per heavy atom. The van der Waals surface area contributed by atoms with Gasteiger partial charge in [-0.1, -0.05) is 0 Å². The monoisotopic (exact) mass is 312 g/mol. The number of carbonyl (C=O) groups excluding carboxylic acids is 1. The summed E-state index contributed by atoms with van der Waals surface area (Å²) in [7, 11) is 1.32. The van der Waals surface area contributed by atoms with E-state index in [4.69, 9.17) is 4.74 Å². The second kappa shape index (κ2) is 5.07. The molecule has 0 fully saturated rings. The van der Waals surface area contributed by atoms with Gasteiger partial charge in [0.15, 0.2) is 5.69 Å².